The number of amides is 1. The number of carbonyl (C=O) groups is 1. The molecular formula is C29H25Cl2N3O5S. The van der Waals surface area contributed by atoms with E-state index in [0.29, 0.717) is 40.9 Å². The lowest BCUT2D eigenvalue weighted by Gasteiger charge is -2.26. The lowest BCUT2D eigenvalue weighted by Crippen LogP contribution is -2.35. The maximum absolute atomic E-state index is 13.7. The number of nitrogens with one attached hydrogen (secondary N) is 1. The normalized spacial score (nSPS) is 13.8. The fraction of sp³-hybridized carbons (Fsp3) is 0.207. The molecule has 1 fully saturated rings. The lowest BCUT2D eigenvalue weighted by atomic mass is 10.1. The number of nitrogens with zero attached hydrogens (tertiary/aromatic N) is 2. The first-order chi connectivity index (χ1) is 19.3. The minimum atomic E-state index is -2.72. The Kier molecular flexibility index (Phi) is 8.68. The van der Waals surface area contributed by atoms with Crippen LogP contribution in [0.4, 0.5) is 0 Å². The maximum atomic E-state index is 13.7. The summed E-state index contributed by atoms with van der Waals surface area (Å²) in [5.41, 5.74) is 1.71. The van der Waals surface area contributed by atoms with Crippen LogP contribution in [0.25, 0.3) is 10.9 Å². The highest BCUT2D eigenvalue weighted by Crippen LogP contribution is 2.20. The first-order valence-electron chi connectivity index (χ1n) is 12.5. The van der Waals surface area contributed by atoms with Gasteiger partial charge in [0.15, 0.2) is 4.99 Å². The Balaban J connectivity index is 1.62. The van der Waals surface area contributed by atoms with E-state index in [1.54, 1.807) is 60.7 Å². The number of ether oxygens (including phenoxy) is 1. The van der Waals surface area contributed by atoms with E-state index in [-0.39, 0.29) is 22.5 Å². The van der Waals surface area contributed by atoms with Gasteiger partial charge in [0.1, 0.15) is 5.56 Å². The average Bonchev–Trinajstić information content (AvgIpc) is 2.95. The van der Waals surface area contributed by atoms with Crippen molar-refractivity contribution in [2.24, 2.45) is 0 Å². The van der Waals surface area contributed by atoms with E-state index in [4.69, 9.17) is 27.9 Å². The number of hydrogen-bond acceptors (Lipinski definition) is 6. The van der Waals surface area contributed by atoms with Crippen LogP contribution in [0.1, 0.15) is 27.0 Å². The maximum Gasteiger partial charge on any atom is 0.257 e. The van der Waals surface area contributed by atoms with E-state index in [0.717, 1.165) is 24.2 Å². The van der Waals surface area contributed by atoms with Crippen LogP contribution < -0.4 is 10.7 Å². The molecule has 11 heteroatoms. The Hall–Kier alpha value is -3.47. The number of rotatable bonds is 6. The zero-order valence-corrected chi connectivity index (χ0v) is 23.6. The summed E-state index contributed by atoms with van der Waals surface area (Å²) in [6.07, 6.45) is 1.28. The van der Waals surface area contributed by atoms with E-state index in [1.165, 1.54) is 10.8 Å². The number of morpholine rings is 1. The Morgan fingerprint density at radius 2 is 1.52 bits per heavy atom. The van der Waals surface area contributed by atoms with Gasteiger partial charge in [0.25, 0.3) is 5.91 Å². The van der Waals surface area contributed by atoms with Crippen LogP contribution in [0.2, 0.25) is 10.0 Å². The summed E-state index contributed by atoms with van der Waals surface area (Å²) in [4.78, 5) is 29.1. The van der Waals surface area contributed by atoms with Gasteiger partial charge in [0, 0.05) is 53.4 Å². The third-order valence-electron chi connectivity index (χ3n) is 6.66. The molecule has 0 atom stereocenters. The molecule has 5 rings (SSSR count). The van der Waals surface area contributed by atoms with Crippen LogP contribution in [-0.4, -0.2) is 55.1 Å². The van der Waals surface area contributed by atoms with Crippen molar-refractivity contribution in [2.45, 2.75) is 13.1 Å². The van der Waals surface area contributed by atoms with Crippen molar-refractivity contribution in [1.29, 1.82) is 0 Å². The van der Waals surface area contributed by atoms with Gasteiger partial charge in [-0.15, -0.1) is 0 Å². The third kappa shape index (κ3) is 6.29. The quantitative estimate of drug-likeness (QED) is 0.338. The van der Waals surface area contributed by atoms with Gasteiger partial charge in [0.05, 0.1) is 18.7 Å². The van der Waals surface area contributed by atoms with Gasteiger partial charge in [-0.05, 0) is 47.5 Å². The van der Waals surface area contributed by atoms with E-state index in [1.807, 2.05) is 6.07 Å². The molecule has 0 aliphatic carbocycles. The highest BCUT2D eigenvalue weighted by molar-refractivity contribution is 7.73. The average molecular weight is 599 g/mol. The number of fused-ring (bicyclic) bond motifs is 1. The lowest BCUT2D eigenvalue weighted by molar-refractivity contribution is 0.0342. The molecule has 1 N–H and O–H groups in total. The van der Waals surface area contributed by atoms with Crippen molar-refractivity contribution < 1.29 is 17.9 Å². The number of pyridine rings is 1. The summed E-state index contributed by atoms with van der Waals surface area (Å²) >= 11 is 12.0. The Labute approximate surface area is 242 Å². The molecule has 0 bridgehead atoms. The Morgan fingerprint density at radius 3 is 2.17 bits per heavy atom. The SMILES string of the molecule is O=C(NCc1ccc(Cl)cc1)c1cn(C(c2ccc(Cl)cc2)=S(=O)=O)c2ccc(CN3CCOCC3)cc2c1=O. The van der Waals surface area contributed by atoms with Crippen molar-refractivity contribution in [3.8, 4) is 0 Å². The fourth-order valence-electron chi connectivity index (χ4n) is 4.61. The smallest absolute Gasteiger partial charge is 0.257 e. The van der Waals surface area contributed by atoms with Gasteiger partial charge >= 0.3 is 0 Å². The Morgan fingerprint density at radius 1 is 0.900 bits per heavy atom. The van der Waals surface area contributed by atoms with Gasteiger partial charge in [0.2, 0.25) is 15.7 Å². The topological polar surface area (TPSA) is 97.7 Å². The molecule has 1 aliphatic rings. The molecule has 0 unspecified atom stereocenters. The van der Waals surface area contributed by atoms with Crippen molar-refractivity contribution in [3.05, 3.63) is 115 Å². The molecule has 8 nitrogen and oxygen atoms in total. The molecular weight excluding hydrogens is 573 g/mol. The molecule has 0 spiro atoms. The summed E-state index contributed by atoms with van der Waals surface area (Å²) in [7, 11) is -2.72. The predicted octanol–water partition coefficient (Wildman–Crippen LogP) is 3.98. The second-order valence-corrected chi connectivity index (χ2v) is 11.1. The van der Waals surface area contributed by atoms with Crippen LogP contribution in [0, 0.1) is 0 Å². The molecule has 4 aromatic rings. The van der Waals surface area contributed by atoms with Gasteiger partial charge in [-0.2, -0.15) is 8.42 Å². The molecule has 206 valence electrons. The minimum absolute atomic E-state index is 0.116. The molecule has 1 saturated heterocycles. The molecule has 1 amide bonds. The van der Waals surface area contributed by atoms with Crippen LogP contribution in [0.5, 0.6) is 0 Å². The van der Waals surface area contributed by atoms with E-state index < -0.39 is 21.6 Å². The molecule has 0 radical (unpaired) electrons. The van der Waals surface area contributed by atoms with Gasteiger partial charge in [-0.3, -0.25) is 14.5 Å². The van der Waals surface area contributed by atoms with Crippen molar-refractivity contribution in [2.75, 3.05) is 26.3 Å². The van der Waals surface area contributed by atoms with Gasteiger partial charge < -0.3 is 14.6 Å². The zero-order chi connectivity index (χ0) is 28.2. The largest absolute Gasteiger partial charge is 0.379 e. The standard InChI is InChI=1S/C29H25Cl2N3O5S/c30-22-6-1-19(2-7-22)16-32-28(36)25-18-34(29(40(37)38)21-4-8-23(31)9-5-21)26-10-3-20(15-24(26)27(25)35)17-33-11-13-39-14-12-33/h1-10,15,18H,11-14,16-17H2,(H,32,36). The summed E-state index contributed by atoms with van der Waals surface area (Å²) in [5, 5.41) is 4.01. The molecule has 3 aromatic carbocycles. The number of benzene rings is 3. The molecule has 40 heavy (non-hydrogen) atoms. The predicted molar refractivity (Wildman–Crippen MR) is 157 cm³/mol. The second-order valence-electron chi connectivity index (χ2n) is 9.34. The molecule has 2 heterocycles. The summed E-state index contributed by atoms with van der Waals surface area (Å²) in [6.45, 7) is 3.54. The highest BCUT2D eigenvalue weighted by atomic mass is 35.5. The minimum Gasteiger partial charge on any atom is -0.379 e. The first kappa shape index (κ1) is 28.1. The van der Waals surface area contributed by atoms with Crippen LogP contribution in [-0.2, 0) is 28.1 Å². The third-order valence-corrected chi connectivity index (χ3v) is 7.91. The number of hydrogen-bond donors (Lipinski definition) is 1. The van der Waals surface area contributed by atoms with Crippen LogP contribution >= 0.6 is 23.2 Å². The number of halogens is 2. The number of carbonyl (C=O) groups excluding carboxylic acids is 1. The molecule has 1 aliphatic heterocycles. The molecule has 1 aromatic heterocycles. The summed E-state index contributed by atoms with van der Waals surface area (Å²) < 4.78 is 31.9. The zero-order valence-electron chi connectivity index (χ0n) is 21.3. The summed E-state index contributed by atoms with van der Waals surface area (Å²) in [6, 6.07) is 18.6. The Bertz CT molecular complexity index is 1750. The van der Waals surface area contributed by atoms with Crippen molar-refractivity contribution in [3.63, 3.8) is 0 Å². The first-order valence-corrected chi connectivity index (χ1v) is 14.4. The van der Waals surface area contributed by atoms with E-state index >= 15 is 0 Å². The van der Waals surface area contributed by atoms with E-state index in [9.17, 15) is 18.0 Å². The van der Waals surface area contributed by atoms with Crippen LogP contribution in [0.3, 0.4) is 0 Å². The van der Waals surface area contributed by atoms with E-state index in [2.05, 4.69) is 10.2 Å². The van der Waals surface area contributed by atoms with Gasteiger partial charge in [-0.1, -0.05) is 53.5 Å². The highest BCUT2D eigenvalue weighted by Gasteiger charge is 2.20. The fourth-order valence-corrected chi connectivity index (χ4v) is 5.50. The van der Waals surface area contributed by atoms with Gasteiger partial charge in [-0.25, -0.2) is 0 Å². The second kappa shape index (κ2) is 12.4. The van der Waals surface area contributed by atoms with Crippen molar-refractivity contribution in [1.82, 2.24) is 14.8 Å². The monoisotopic (exact) mass is 597 g/mol. The van der Waals surface area contributed by atoms with Crippen LogP contribution in [0.15, 0.2) is 77.7 Å². The summed E-state index contributed by atoms with van der Waals surface area (Å²) in [5.74, 6) is -0.624. The number of aromatic nitrogens is 1. The van der Waals surface area contributed by atoms with Crippen molar-refractivity contribution >= 4 is 55.3 Å². The molecule has 0 saturated carbocycles.